The molecule has 1 saturated carbocycles. The Balaban J connectivity index is 0.00000280. The van der Waals surface area contributed by atoms with Crippen LogP contribution >= 0.6 is 35.3 Å². The number of aromatic nitrogens is 1. The molecule has 3 rings (SSSR count). The number of thiazole rings is 1. The molecule has 10 heteroatoms. The average Bonchev–Trinajstić information content (AvgIpc) is 3.35. The van der Waals surface area contributed by atoms with E-state index in [0.29, 0.717) is 24.0 Å². The lowest BCUT2D eigenvalue weighted by Gasteiger charge is -2.24. The normalized spacial score (nSPS) is 21.7. The first-order valence-corrected chi connectivity index (χ1v) is 10.6. The third-order valence-corrected chi connectivity index (χ3v) is 6.09. The van der Waals surface area contributed by atoms with E-state index in [1.165, 1.54) is 25.7 Å². The molecule has 1 unspecified atom stereocenters. The molecule has 1 atom stereocenters. The van der Waals surface area contributed by atoms with E-state index < -0.39 is 11.9 Å². The zero-order valence-electron chi connectivity index (χ0n) is 16.1. The lowest BCUT2D eigenvalue weighted by atomic mass is 10.2. The molecule has 1 aromatic rings. The molecule has 160 valence electrons. The van der Waals surface area contributed by atoms with Crippen molar-refractivity contribution in [3.8, 4) is 0 Å². The minimum absolute atomic E-state index is 0. The summed E-state index contributed by atoms with van der Waals surface area (Å²) in [4.78, 5) is 10.8. The molecule has 0 spiro atoms. The van der Waals surface area contributed by atoms with Crippen LogP contribution in [-0.2, 0) is 12.6 Å². The van der Waals surface area contributed by atoms with Gasteiger partial charge in [-0.25, -0.2) is 4.98 Å². The molecule has 2 heterocycles. The fraction of sp³-hybridized carbons (Fsp3) is 0.778. The van der Waals surface area contributed by atoms with Gasteiger partial charge in [-0.1, -0.05) is 12.8 Å². The van der Waals surface area contributed by atoms with Crippen LogP contribution < -0.4 is 10.6 Å². The largest absolute Gasteiger partial charge is 0.434 e. The standard InChI is InChI=1S/C18H28F3N5S.HI/c1-2-22-17(23-9-7-16-25-15(12-27-16)18(19,20)21)24-13-8-10-26(11-13)14-5-3-4-6-14;/h12-14H,2-11H2,1H3,(H2,22,23,24);1H. The predicted octanol–water partition coefficient (Wildman–Crippen LogP) is 3.89. The maximum absolute atomic E-state index is 12.6. The second-order valence-corrected chi connectivity index (χ2v) is 8.14. The van der Waals surface area contributed by atoms with E-state index in [4.69, 9.17) is 0 Å². The van der Waals surface area contributed by atoms with Crippen LogP contribution in [0.5, 0.6) is 0 Å². The number of guanidine groups is 1. The van der Waals surface area contributed by atoms with Crippen molar-refractivity contribution in [2.24, 2.45) is 4.99 Å². The Bertz CT molecular complexity index is 631. The van der Waals surface area contributed by atoms with Gasteiger partial charge in [0.2, 0.25) is 0 Å². The number of aliphatic imine (C=N–C) groups is 1. The first-order chi connectivity index (χ1) is 13.0. The Morgan fingerprint density at radius 3 is 2.71 bits per heavy atom. The van der Waals surface area contributed by atoms with E-state index in [9.17, 15) is 13.2 Å². The van der Waals surface area contributed by atoms with Crippen LogP contribution in [0.1, 0.15) is 49.7 Å². The summed E-state index contributed by atoms with van der Waals surface area (Å²) in [5.41, 5.74) is -0.811. The van der Waals surface area contributed by atoms with Gasteiger partial charge in [-0.15, -0.1) is 35.3 Å². The first-order valence-electron chi connectivity index (χ1n) is 9.76. The van der Waals surface area contributed by atoms with Crippen molar-refractivity contribution >= 4 is 41.3 Å². The summed E-state index contributed by atoms with van der Waals surface area (Å²) in [5, 5.41) is 8.26. The molecule has 0 bridgehead atoms. The van der Waals surface area contributed by atoms with Crippen molar-refractivity contribution in [1.29, 1.82) is 0 Å². The van der Waals surface area contributed by atoms with E-state index in [0.717, 1.165) is 54.8 Å². The minimum Gasteiger partial charge on any atom is -0.357 e. The number of alkyl halides is 3. The highest BCUT2D eigenvalue weighted by Gasteiger charge is 2.33. The quantitative estimate of drug-likeness (QED) is 0.333. The molecule has 0 amide bonds. The molecular weight excluding hydrogens is 502 g/mol. The Morgan fingerprint density at radius 1 is 1.32 bits per heavy atom. The highest BCUT2D eigenvalue weighted by Crippen LogP contribution is 2.30. The molecule has 0 aromatic carbocycles. The number of halogens is 4. The Kier molecular flexibility index (Phi) is 9.26. The second-order valence-electron chi connectivity index (χ2n) is 7.20. The van der Waals surface area contributed by atoms with Crippen LogP contribution in [0.15, 0.2) is 10.4 Å². The Hall–Kier alpha value is -0.620. The van der Waals surface area contributed by atoms with E-state index in [1.807, 2.05) is 6.92 Å². The van der Waals surface area contributed by atoms with Crippen LogP contribution in [0, 0.1) is 0 Å². The van der Waals surface area contributed by atoms with Gasteiger partial charge in [-0.05, 0) is 26.2 Å². The third-order valence-electron chi connectivity index (χ3n) is 5.18. The fourth-order valence-corrected chi connectivity index (χ4v) is 4.63. The molecule has 1 aromatic heterocycles. The van der Waals surface area contributed by atoms with Gasteiger partial charge in [-0.3, -0.25) is 9.89 Å². The predicted molar refractivity (Wildman–Crippen MR) is 118 cm³/mol. The number of nitrogens with one attached hydrogen (secondary N) is 2. The topological polar surface area (TPSA) is 52.6 Å². The van der Waals surface area contributed by atoms with E-state index >= 15 is 0 Å². The van der Waals surface area contributed by atoms with E-state index in [2.05, 4.69) is 25.5 Å². The summed E-state index contributed by atoms with van der Waals surface area (Å²) < 4.78 is 37.8. The molecule has 28 heavy (non-hydrogen) atoms. The number of rotatable bonds is 6. The van der Waals surface area contributed by atoms with Gasteiger partial charge in [0.05, 0.1) is 5.01 Å². The smallest absolute Gasteiger partial charge is 0.357 e. The summed E-state index contributed by atoms with van der Waals surface area (Å²) in [6, 6.07) is 1.11. The molecule has 1 aliphatic carbocycles. The number of likely N-dealkylation sites (tertiary alicyclic amines) is 1. The summed E-state index contributed by atoms with van der Waals surface area (Å²) in [5.74, 6) is 0.739. The zero-order chi connectivity index (χ0) is 19.3. The molecule has 5 nitrogen and oxygen atoms in total. The lowest BCUT2D eigenvalue weighted by Crippen LogP contribution is -2.45. The van der Waals surface area contributed by atoms with Crippen molar-refractivity contribution < 1.29 is 13.2 Å². The summed E-state index contributed by atoms with van der Waals surface area (Å²) in [6.45, 7) is 5.34. The third kappa shape index (κ3) is 6.72. The maximum Gasteiger partial charge on any atom is 0.434 e. The minimum atomic E-state index is -4.37. The van der Waals surface area contributed by atoms with Gasteiger partial charge in [0.1, 0.15) is 0 Å². The molecular formula is C18H29F3IN5S. The zero-order valence-corrected chi connectivity index (χ0v) is 19.2. The van der Waals surface area contributed by atoms with Crippen molar-refractivity contribution in [2.45, 2.75) is 63.7 Å². The maximum atomic E-state index is 12.6. The van der Waals surface area contributed by atoms with Crippen LogP contribution in [0.3, 0.4) is 0 Å². The summed E-state index contributed by atoms with van der Waals surface area (Å²) in [7, 11) is 0. The summed E-state index contributed by atoms with van der Waals surface area (Å²) >= 11 is 1.04. The van der Waals surface area contributed by atoms with Crippen LogP contribution in [0.25, 0.3) is 0 Å². The molecule has 0 radical (unpaired) electrons. The highest BCUT2D eigenvalue weighted by molar-refractivity contribution is 14.0. The van der Waals surface area contributed by atoms with E-state index in [1.54, 1.807) is 0 Å². The number of hydrogen-bond acceptors (Lipinski definition) is 4. The van der Waals surface area contributed by atoms with Crippen molar-refractivity contribution in [3.05, 3.63) is 16.1 Å². The Labute approximate surface area is 185 Å². The second kappa shape index (κ2) is 11.0. The Morgan fingerprint density at radius 2 is 2.07 bits per heavy atom. The first kappa shape index (κ1) is 23.7. The van der Waals surface area contributed by atoms with Gasteiger partial charge in [-0.2, -0.15) is 13.2 Å². The monoisotopic (exact) mass is 531 g/mol. The van der Waals surface area contributed by atoms with Crippen LogP contribution in [-0.4, -0.2) is 54.1 Å². The van der Waals surface area contributed by atoms with Crippen molar-refractivity contribution in [1.82, 2.24) is 20.5 Å². The SMILES string of the molecule is CCNC(=NCCc1nc(C(F)(F)F)cs1)NC1CCN(C2CCCC2)C1.I. The van der Waals surface area contributed by atoms with Crippen molar-refractivity contribution in [2.75, 3.05) is 26.2 Å². The molecule has 2 N–H and O–H groups in total. The summed E-state index contributed by atoms with van der Waals surface area (Å²) in [6.07, 6.45) is 2.45. The van der Waals surface area contributed by atoms with Gasteiger partial charge in [0.15, 0.2) is 11.7 Å². The fourth-order valence-electron chi connectivity index (χ4n) is 3.84. The number of hydrogen-bond donors (Lipinski definition) is 2. The van der Waals surface area contributed by atoms with Gasteiger partial charge >= 0.3 is 6.18 Å². The van der Waals surface area contributed by atoms with Crippen molar-refractivity contribution in [3.63, 3.8) is 0 Å². The van der Waals surface area contributed by atoms with Gasteiger partial charge in [0.25, 0.3) is 0 Å². The van der Waals surface area contributed by atoms with Gasteiger partial charge < -0.3 is 10.6 Å². The molecule has 1 saturated heterocycles. The lowest BCUT2D eigenvalue weighted by molar-refractivity contribution is -0.140. The molecule has 2 fully saturated rings. The number of nitrogens with zero attached hydrogens (tertiary/aromatic N) is 3. The van der Waals surface area contributed by atoms with Crippen LogP contribution in [0.2, 0.25) is 0 Å². The average molecular weight is 531 g/mol. The van der Waals surface area contributed by atoms with Crippen LogP contribution in [0.4, 0.5) is 13.2 Å². The van der Waals surface area contributed by atoms with Gasteiger partial charge in [0, 0.05) is 50.1 Å². The molecule has 1 aliphatic heterocycles. The van der Waals surface area contributed by atoms with E-state index in [-0.39, 0.29) is 24.0 Å². The molecule has 2 aliphatic rings. The highest BCUT2D eigenvalue weighted by atomic mass is 127.